The molecule has 34 heavy (non-hydrogen) atoms. The van der Waals surface area contributed by atoms with E-state index in [4.69, 9.17) is 17.5 Å². The first-order valence-corrected chi connectivity index (χ1v) is 16.2. The molecule has 0 spiro atoms. The fourth-order valence-corrected chi connectivity index (χ4v) is 4.87. The number of unbranched alkanes of at least 4 members (excludes halogenated alkanes) is 16. The van der Waals surface area contributed by atoms with Crippen LogP contribution in [0.5, 0.6) is 0 Å². The minimum atomic E-state index is -4.67. The summed E-state index contributed by atoms with van der Waals surface area (Å²) in [5.74, 6) is 0. The average molecular weight is 509 g/mol. The lowest BCUT2D eigenvalue weighted by atomic mass is 10.1. The van der Waals surface area contributed by atoms with Gasteiger partial charge in [0, 0.05) is 0 Å². The number of hydrogen-bond donors (Lipinski definition) is 2. The topological polar surface area (TPSA) is 74.6 Å². The summed E-state index contributed by atoms with van der Waals surface area (Å²) in [5.41, 5.74) is 0. The fraction of sp³-hybridized carbons (Fsp3) is 1.00. The van der Waals surface area contributed by atoms with Gasteiger partial charge in [0.05, 0.1) is 26.2 Å². The first-order valence-electron chi connectivity index (χ1n) is 14.8. The zero-order valence-electron chi connectivity index (χ0n) is 23.5. The monoisotopic (exact) mass is 508 g/mol. The van der Waals surface area contributed by atoms with Crippen LogP contribution in [0.2, 0.25) is 0 Å². The Kier molecular flexibility index (Phi) is 27.4. The molecular weight excluding hydrogens is 446 g/mol. The van der Waals surface area contributed by atoms with Crippen LogP contribution >= 0.6 is 0 Å². The normalized spacial score (nSPS) is 11.9. The van der Waals surface area contributed by atoms with Crippen LogP contribution < -0.4 is 0 Å². The quantitative estimate of drug-likeness (QED) is 0.0774. The maximum absolute atomic E-state index is 8.74. The summed E-state index contributed by atoms with van der Waals surface area (Å²) >= 11 is 0. The molecule has 0 rings (SSSR count). The first-order chi connectivity index (χ1) is 16.2. The van der Waals surface area contributed by atoms with Crippen molar-refractivity contribution in [2.75, 3.05) is 26.2 Å². The molecule has 0 aromatic heterocycles. The molecule has 0 saturated heterocycles. The molecule has 0 aromatic rings. The highest BCUT2D eigenvalue weighted by Gasteiger charge is 2.25. The van der Waals surface area contributed by atoms with Crippen molar-refractivity contribution in [2.45, 2.75) is 156 Å². The molecule has 208 valence electrons. The van der Waals surface area contributed by atoms with Crippen molar-refractivity contribution >= 4 is 10.4 Å². The zero-order valence-corrected chi connectivity index (χ0v) is 24.4. The van der Waals surface area contributed by atoms with Crippen molar-refractivity contribution in [3.05, 3.63) is 0 Å². The van der Waals surface area contributed by atoms with E-state index < -0.39 is 10.4 Å². The lowest BCUT2D eigenvalue weighted by Gasteiger charge is -2.39. The van der Waals surface area contributed by atoms with Crippen molar-refractivity contribution in [3.63, 3.8) is 0 Å². The Morgan fingerprint density at radius 1 is 0.412 bits per heavy atom. The largest absolute Gasteiger partial charge is 0.394 e. The van der Waals surface area contributed by atoms with Crippen LogP contribution in [0.1, 0.15) is 156 Å². The minimum absolute atomic E-state index is 1.37. The van der Waals surface area contributed by atoms with Gasteiger partial charge in [0.1, 0.15) is 0 Å². The van der Waals surface area contributed by atoms with Gasteiger partial charge in [0.2, 0.25) is 0 Å². The Morgan fingerprint density at radius 3 is 0.765 bits per heavy atom. The van der Waals surface area contributed by atoms with Gasteiger partial charge in [-0.1, -0.05) is 105 Å². The Hall–Kier alpha value is -0.170. The van der Waals surface area contributed by atoms with Crippen molar-refractivity contribution < 1.29 is 22.0 Å². The second-order valence-electron chi connectivity index (χ2n) is 10.3. The van der Waals surface area contributed by atoms with Gasteiger partial charge in [-0.05, 0) is 51.4 Å². The van der Waals surface area contributed by atoms with Gasteiger partial charge in [0.25, 0.3) is 0 Å². The summed E-state index contributed by atoms with van der Waals surface area (Å²) in [5, 5.41) is 0. The molecule has 0 radical (unpaired) electrons. The van der Waals surface area contributed by atoms with Gasteiger partial charge < -0.3 is 4.48 Å². The third-order valence-electron chi connectivity index (χ3n) is 6.94. The van der Waals surface area contributed by atoms with Crippen LogP contribution in [-0.4, -0.2) is 48.2 Å². The molecule has 0 fully saturated rings. The zero-order chi connectivity index (χ0) is 26.0. The molecule has 6 heteroatoms. The number of quaternary nitrogens is 1. The molecule has 0 aliphatic carbocycles. The van der Waals surface area contributed by atoms with E-state index in [-0.39, 0.29) is 0 Å². The Labute approximate surface area is 214 Å². The Morgan fingerprint density at radius 2 is 0.588 bits per heavy atom. The van der Waals surface area contributed by atoms with Crippen molar-refractivity contribution in [2.24, 2.45) is 0 Å². The van der Waals surface area contributed by atoms with E-state index >= 15 is 0 Å². The van der Waals surface area contributed by atoms with Crippen LogP contribution in [-0.2, 0) is 10.4 Å². The summed E-state index contributed by atoms with van der Waals surface area (Å²) in [6.07, 6.45) is 28.8. The molecule has 0 saturated carbocycles. The lowest BCUT2D eigenvalue weighted by Crippen LogP contribution is -2.50. The van der Waals surface area contributed by atoms with Gasteiger partial charge in [-0.25, -0.2) is 0 Å². The summed E-state index contributed by atoms with van der Waals surface area (Å²) in [7, 11) is -4.67. The van der Waals surface area contributed by atoms with Gasteiger partial charge in [-0.2, -0.15) is 8.42 Å². The van der Waals surface area contributed by atoms with E-state index in [0.29, 0.717) is 0 Å². The number of rotatable bonds is 24. The van der Waals surface area contributed by atoms with Gasteiger partial charge in [0.15, 0.2) is 0 Å². The van der Waals surface area contributed by atoms with Crippen LogP contribution in [0, 0.1) is 0 Å². The van der Waals surface area contributed by atoms with Gasteiger partial charge in [-0.15, -0.1) is 0 Å². The molecule has 2 N–H and O–H groups in total. The van der Waals surface area contributed by atoms with Crippen molar-refractivity contribution in [1.82, 2.24) is 0 Å². The lowest BCUT2D eigenvalue weighted by molar-refractivity contribution is -0.929. The number of hydrogen-bond acceptors (Lipinski definition) is 2. The Balaban J connectivity index is 0. The fourth-order valence-electron chi connectivity index (χ4n) is 4.87. The highest BCUT2D eigenvalue weighted by Crippen LogP contribution is 2.20. The van der Waals surface area contributed by atoms with E-state index in [2.05, 4.69) is 27.7 Å². The third-order valence-corrected chi connectivity index (χ3v) is 6.94. The van der Waals surface area contributed by atoms with Crippen LogP contribution in [0.15, 0.2) is 0 Å². The van der Waals surface area contributed by atoms with Crippen LogP contribution in [0.4, 0.5) is 0 Å². The van der Waals surface area contributed by atoms with Crippen LogP contribution in [0.3, 0.4) is 0 Å². The summed E-state index contributed by atoms with van der Waals surface area (Å²) < 4.78 is 33.1. The number of nitrogens with zero attached hydrogens (tertiary/aromatic N) is 1. The highest BCUT2D eigenvalue weighted by atomic mass is 32.3. The van der Waals surface area contributed by atoms with Crippen molar-refractivity contribution in [3.8, 4) is 0 Å². The van der Waals surface area contributed by atoms with Crippen molar-refractivity contribution in [1.29, 1.82) is 0 Å². The predicted octanol–water partition coefficient (Wildman–Crippen LogP) is 9.03. The first kappa shape index (κ1) is 36.0. The second kappa shape index (κ2) is 25.9. The van der Waals surface area contributed by atoms with Gasteiger partial charge >= 0.3 is 10.4 Å². The molecule has 0 aromatic carbocycles. The Bertz CT molecular complexity index is 427. The van der Waals surface area contributed by atoms with Gasteiger partial charge in [-0.3, -0.25) is 9.11 Å². The SMILES string of the molecule is CCCCCCC[N+](CCCCCCC)(CCCCCCC)CCCCCCC.O=S(=O)(O)O. The molecule has 0 atom stereocenters. The summed E-state index contributed by atoms with van der Waals surface area (Å²) in [6, 6.07) is 0. The second-order valence-corrected chi connectivity index (χ2v) is 11.2. The van der Waals surface area contributed by atoms with E-state index in [9.17, 15) is 0 Å². The highest BCUT2D eigenvalue weighted by molar-refractivity contribution is 7.79. The molecule has 0 aliphatic heterocycles. The third kappa shape index (κ3) is 29.9. The van der Waals surface area contributed by atoms with E-state index in [0.717, 1.165) is 0 Å². The van der Waals surface area contributed by atoms with Crippen LogP contribution in [0.25, 0.3) is 0 Å². The molecular formula is C28H62NO4S+. The van der Waals surface area contributed by atoms with E-state index in [1.165, 1.54) is 159 Å². The smallest absolute Gasteiger partial charge is 0.324 e. The molecule has 0 heterocycles. The molecule has 0 bridgehead atoms. The summed E-state index contributed by atoms with van der Waals surface area (Å²) in [4.78, 5) is 0. The average Bonchev–Trinajstić information content (AvgIpc) is 2.77. The maximum atomic E-state index is 8.74. The molecule has 0 aliphatic rings. The maximum Gasteiger partial charge on any atom is 0.394 e. The summed E-state index contributed by atoms with van der Waals surface area (Å²) in [6.45, 7) is 15.2. The predicted molar refractivity (Wildman–Crippen MR) is 149 cm³/mol. The molecule has 5 nitrogen and oxygen atoms in total. The molecule has 0 amide bonds. The van der Waals surface area contributed by atoms with E-state index in [1.54, 1.807) is 0 Å². The molecule has 0 unspecified atom stereocenters. The van der Waals surface area contributed by atoms with E-state index in [1.807, 2.05) is 0 Å². The minimum Gasteiger partial charge on any atom is -0.324 e. The standard InChI is InChI=1S/C28H60N.H2O4S/c1-5-9-13-17-21-25-29(26-22-18-14-10-6-2,27-23-19-15-11-7-3)28-24-20-16-12-8-4;1-5(2,3)4/h5-28H2,1-4H3;(H2,1,2,3,4)/q+1;.